The minimum Gasteiger partial charge on any atom is -0.486 e. The third-order valence-electron chi connectivity index (χ3n) is 2.70. The first-order chi connectivity index (χ1) is 9.79. The highest BCUT2D eigenvalue weighted by molar-refractivity contribution is 7.99. The standard InChI is InChI=1S/C14H20O5S/c1-16-4-5-17-9-11(15)10-20-12-2-3-13-14(8-12)19-7-6-18-13/h2-3,8,11,15H,4-7,9-10H2,1H3. The van der Waals surface area contributed by atoms with Crippen molar-refractivity contribution in [2.45, 2.75) is 11.0 Å². The topological polar surface area (TPSA) is 57.2 Å². The summed E-state index contributed by atoms with van der Waals surface area (Å²) in [4.78, 5) is 1.05. The number of fused-ring (bicyclic) bond motifs is 1. The van der Waals surface area contributed by atoms with Crippen molar-refractivity contribution in [2.75, 3.05) is 45.9 Å². The molecule has 0 bridgehead atoms. The fourth-order valence-corrected chi connectivity index (χ4v) is 2.55. The fourth-order valence-electron chi connectivity index (χ4n) is 1.72. The van der Waals surface area contributed by atoms with E-state index >= 15 is 0 Å². The van der Waals surface area contributed by atoms with Crippen molar-refractivity contribution in [3.8, 4) is 11.5 Å². The summed E-state index contributed by atoms with van der Waals surface area (Å²) in [5.74, 6) is 2.13. The number of ether oxygens (including phenoxy) is 4. The van der Waals surface area contributed by atoms with Crippen LogP contribution >= 0.6 is 11.8 Å². The van der Waals surface area contributed by atoms with E-state index in [4.69, 9.17) is 18.9 Å². The van der Waals surface area contributed by atoms with Gasteiger partial charge in [0.25, 0.3) is 0 Å². The third-order valence-corrected chi connectivity index (χ3v) is 3.84. The number of aliphatic hydroxyl groups is 1. The Hall–Kier alpha value is -0.950. The summed E-state index contributed by atoms with van der Waals surface area (Å²) in [5, 5.41) is 9.81. The van der Waals surface area contributed by atoms with E-state index in [9.17, 15) is 5.11 Å². The van der Waals surface area contributed by atoms with E-state index in [0.717, 1.165) is 16.4 Å². The van der Waals surface area contributed by atoms with Crippen molar-refractivity contribution in [2.24, 2.45) is 0 Å². The average Bonchev–Trinajstić information content (AvgIpc) is 2.49. The van der Waals surface area contributed by atoms with Crippen LogP contribution in [0, 0.1) is 0 Å². The van der Waals surface area contributed by atoms with E-state index in [2.05, 4.69) is 0 Å². The Bertz CT molecular complexity index is 413. The third kappa shape index (κ3) is 4.86. The number of thioether (sulfide) groups is 1. The molecule has 1 aromatic rings. The van der Waals surface area contributed by atoms with E-state index < -0.39 is 6.10 Å². The molecule has 1 N–H and O–H groups in total. The lowest BCUT2D eigenvalue weighted by Crippen LogP contribution is -2.19. The second-order valence-corrected chi connectivity index (χ2v) is 5.43. The molecular weight excluding hydrogens is 280 g/mol. The molecule has 1 aromatic carbocycles. The van der Waals surface area contributed by atoms with E-state index in [-0.39, 0.29) is 0 Å². The van der Waals surface area contributed by atoms with Crippen molar-refractivity contribution in [1.29, 1.82) is 0 Å². The predicted molar refractivity (Wildman–Crippen MR) is 76.9 cm³/mol. The second-order valence-electron chi connectivity index (χ2n) is 4.34. The minimum atomic E-state index is -0.495. The molecule has 0 saturated carbocycles. The highest BCUT2D eigenvalue weighted by atomic mass is 32.2. The van der Waals surface area contributed by atoms with Crippen LogP contribution in [0.1, 0.15) is 0 Å². The molecule has 20 heavy (non-hydrogen) atoms. The summed E-state index contributed by atoms with van der Waals surface area (Å²) >= 11 is 1.57. The van der Waals surface area contributed by atoms with Gasteiger partial charge in [-0.25, -0.2) is 0 Å². The van der Waals surface area contributed by atoms with Crippen LogP contribution in [0.5, 0.6) is 11.5 Å². The van der Waals surface area contributed by atoms with Crippen LogP contribution in [-0.2, 0) is 9.47 Å². The van der Waals surface area contributed by atoms with Crippen LogP contribution in [-0.4, -0.2) is 57.1 Å². The molecule has 1 aliphatic heterocycles. The molecule has 0 fully saturated rings. The van der Waals surface area contributed by atoms with Crippen LogP contribution in [0.15, 0.2) is 23.1 Å². The van der Waals surface area contributed by atoms with Crippen molar-refractivity contribution < 1.29 is 24.1 Å². The number of hydrogen-bond donors (Lipinski definition) is 1. The SMILES string of the molecule is COCCOCC(O)CSc1ccc2c(c1)OCCO2. The first kappa shape index (κ1) is 15.4. The molecule has 0 aromatic heterocycles. The first-order valence-corrected chi connectivity index (χ1v) is 7.55. The lowest BCUT2D eigenvalue weighted by atomic mass is 10.3. The summed E-state index contributed by atoms with van der Waals surface area (Å²) in [5.41, 5.74) is 0. The smallest absolute Gasteiger partial charge is 0.162 e. The summed E-state index contributed by atoms with van der Waals surface area (Å²) in [6.45, 7) is 2.54. The number of rotatable bonds is 8. The molecule has 0 radical (unpaired) electrons. The van der Waals surface area contributed by atoms with Crippen molar-refractivity contribution in [3.63, 3.8) is 0 Å². The lowest BCUT2D eigenvalue weighted by molar-refractivity contribution is 0.0218. The largest absolute Gasteiger partial charge is 0.486 e. The first-order valence-electron chi connectivity index (χ1n) is 6.57. The Kier molecular flexibility index (Phi) is 6.46. The highest BCUT2D eigenvalue weighted by Gasteiger charge is 2.12. The van der Waals surface area contributed by atoms with Gasteiger partial charge in [-0.15, -0.1) is 11.8 Å². The molecule has 2 rings (SSSR count). The summed E-state index contributed by atoms with van der Waals surface area (Å²) < 4.78 is 21.1. The molecule has 0 spiro atoms. The van der Waals surface area contributed by atoms with Gasteiger partial charge < -0.3 is 24.1 Å². The van der Waals surface area contributed by atoms with E-state index in [1.807, 2.05) is 18.2 Å². The van der Waals surface area contributed by atoms with Gasteiger partial charge in [-0.05, 0) is 18.2 Å². The van der Waals surface area contributed by atoms with E-state index in [1.165, 1.54) is 0 Å². The Labute approximate surface area is 123 Å². The van der Waals surface area contributed by atoms with Gasteiger partial charge in [0.1, 0.15) is 13.2 Å². The molecule has 0 aliphatic carbocycles. The number of aliphatic hydroxyl groups excluding tert-OH is 1. The van der Waals surface area contributed by atoms with Crippen molar-refractivity contribution in [1.82, 2.24) is 0 Å². The maximum atomic E-state index is 9.81. The lowest BCUT2D eigenvalue weighted by Gasteiger charge is -2.19. The minimum absolute atomic E-state index is 0.320. The fraction of sp³-hybridized carbons (Fsp3) is 0.571. The predicted octanol–water partition coefficient (Wildman–Crippen LogP) is 1.57. The Morgan fingerprint density at radius 3 is 2.85 bits per heavy atom. The summed E-state index contributed by atoms with van der Waals surface area (Å²) in [7, 11) is 1.62. The maximum Gasteiger partial charge on any atom is 0.162 e. The van der Waals surface area contributed by atoms with Crippen LogP contribution in [0.4, 0.5) is 0 Å². The molecule has 6 heteroatoms. The Balaban J connectivity index is 1.73. The molecule has 112 valence electrons. The number of benzene rings is 1. The van der Waals surface area contributed by atoms with Gasteiger partial charge in [-0.1, -0.05) is 0 Å². The second kappa shape index (κ2) is 8.36. The van der Waals surface area contributed by atoms with Crippen molar-refractivity contribution in [3.05, 3.63) is 18.2 Å². The Morgan fingerprint density at radius 1 is 1.25 bits per heavy atom. The van der Waals surface area contributed by atoms with Gasteiger partial charge in [-0.3, -0.25) is 0 Å². The van der Waals surface area contributed by atoms with Crippen molar-refractivity contribution >= 4 is 11.8 Å². The number of hydrogen-bond acceptors (Lipinski definition) is 6. The zero-order valence-corrected chi connectivity index (χ0v) is 12.4. The van der Waals surface area contributed by atoms with Crippen LogP contribution in [0.25, 0.3) is 0 Å². The summed E-state index contributed by atoms with van der Waals surface area (Å²) in [6, 6.07) is 5.81. The molecule has 1 heterocycles. The van der Waals surface area contributed by atoms with Crippen LogP contribution < -0.4 is 9.47 Å². The quantitative estimate of drug-likeness (QED) is 0.581. The van der Waals surface area contributed by atoms with Gasteiger partial charge in [0.05, 0.1) is 25.9 Å². The molecule has 5 nitrogen and oxygen atoms in total. The molecular formula is C14H20O5S. The zero-order valence-electron chi connectivity index (χ0n) is 11.5. The van der Waals surface area contributed by atoms with Gasteiger partial charge in [0.15, 0.2) is 11.5 Å². The molecule has 1 atom stereocenters. The van der Waals surface area contributed by atoms with Gasteiger partial charge in [0.2, 0.25) is 0 Å². The zero-order chi connectivity index (χ0) is 14.2. The highest BCUT2D eigenvalue weighted by Crippen LogP contribution is 2.34. The molecule has 1 aliphatic rings. The maximum absolute atomic E-state index is 9.81. The van der Waals surface area contributed by atoms with Gasteiger partial charge >= 0.3 is 0 Å². The molecule has 1 unspecified atom stereocenters. The van der Waals surface area contributed by atoms with Gasteiger partial charge in [-0.2, -0.15) is 0 Å². The summed E-state index contributed by atoms with van der Waals surface area (Å²) in [6.07, 6.45) is -0.495. The molecule has 0 amide bonds. The van der Waals surface area contributed by atoms with Gasteiger partial charge in [0, 0.05) is 17.8 Å². The van der Waals surface area contributed by atoms with E-state index in [0.29, 0.717) is 38.8 Å². The molecule has 0 saturated heterocycles. The number of methoxy groups -OCH3 is 1. The normalized spacial score (nSPS) is 15.1. The average molecular weight is 300 g/mol. The van der Waals surface area contributed by atoms with E-state index in [1.54, 1.807) is 18.9 Å². The Morgan fingerprint density at radius 2 is 2.05 bits per heavy atom. The van der Waals surface area contributed by atoms with Crippen LogP contribution in [0.3, 0.4) is 0 Å². The van der Waals surface area contributed by atoms with Crippen LogP contribution in [0.2, 0.25) is 0 Å². The monoisotopic (exact) mass is 300 g/mol.